The Balaban J connectivity index is 2.55. The molecule has 0 atom stereocenters. The van der Waals surface area contributed by atoms with Gasteiger partial charge in [-0.05, 0) is 19.8 Å². The number of hydrogen-bond donors (Lipinski definition) is 0. The zero-order valence-corrected chi connectivity index (χ0v) is 8.75. The van der Waals surface area contributed by atoms with E-state index in [4.69, 9.17) is 0 Å². The second-order valence-corrected chi connectivity index (χ2v) is 4.12. The lowest BCUT2D eigenvalue weighted by molar-refractivity contribution is -0.136. The van der Waals surface area contributed by atoms with Gasteiger partial charge in [-0.2, -0.15) is 0 Å². The highest BCUT2D eigenvalue weighted by molar-refractivity contribution is 5.78. The quantitative estimate of drug-likeness (QED) is 0.655. The van der Waals surface area contributed by atoms with E-state index in [0.717, 1.165) is 0 Å². The average Bonchev–Trinajstić information content (AvgIpc) is 2.58. The van der Waals surface area contributed by atoms with Crippen molar-refractivity contribution >= 4 is 5.91 Å². The van der Waals surface area contributed by atoms with Crippen molar-refractivity contribution in [3.05, 3.63) is 6.92 Å². The fourth-order valence-corrected chi connectivity index (χ4v) is 2.02. The van der Waals surface area contributed by atoms with Crippen LogP contribution < -0.4 is 0 Å². The molecule has 2 heteroatoms. The Bertz CT molecular complexity index is 171. The molecule has 0 aromatic carbocycles. The number of carbonyl (C=O) groups is 1. The van der Waals surface area contributed by atoms with Gasteiger partial charge in [0.15, 0.2) is 0 Å². The first-order valence-corrected chi connectivity index (χ1v) is 5.26. The van der Waals surface area contributed by atoms with Crippen molar-refractivity contribution in [2.45, 2.75) is 45.6 Å². The van der Waals surface area contributed by atoms with Crippen molar-refractivity contribution in [1.82, 2.24) is 4.90 Å². The molecule has 0 saturated heterocycles. The molecular formula is C11H20NO. The van der Waals surface area contributed by atoms with Gasteiger partial charge in [-0.15, -0.1) is 0 Å². The van der Waals surface area contributed by atoms with Crippen molar-refractivity contribution in [1.29, 1.82) is 0 Å². The van der Waals surface area contributed by atoms with Crippen LogP contribution in [0.5, 0.6) is 0 Å². The third-order valence-corrected chi connectivity index (χ3v) is 2.78. The first-order chi connectivity index (χ1) is 6.16. The van der Waals surface area contributed by atoms with Crippen molar-refractivity contribution in [3.8, 4) is 0 Å². The van der Waals surface area contributed by atoms with Crippen molar-refractivity contribution in [2.24, 2.45) is 5.92 Å². The molecule has 1 radical (unpaired) electrons. The first kappa shape index (κ1) is 10.6. The lowest BCUT2D eigenvalue weighted by Gasteiger charge is -2.29. The molecule has 75 valence electrons. The molecule has 0 bridgehead atoms. The monoisotopic (exact) mass is 182 g/mol. The summed E-state index contributed by atoms with van der Waals surface area (Å²) >= 11 is 0. The van der Waals surface area contributed by atoms with Crippen LogP contribution in [0.1, 0.15) is 39.5 Å². The van der Waals surface area contributed by atoms with Crippen LogP contribution in [0, 0.1) is 12.8 Å². The Morgan fingerprint density at radius 1 is 1.46 bits per heavy atom. The van der Waals surface area contributed by atoms with Gasteiger partial charge in [0.2, 0.25) is 5.91 Å². The number of amides is 1. The number of rotatable bonds is 3. The topological polar surface area (TPSA) is 20.3 Å². The van der Waals surface area contributed by atoms with E-state index in [1.807, 2.05) is 18.7 Å². The molecule has 0 spiro atoms. The van der Waals surface area contributed by atoms with Crippen LogP contribution >= 0.6 is 0 Å². The van der Waals surface area contributed by atoms with Crippen molar-refractivity contribution < 1.29 is 4.79 Å². The second-order valence-electron chi connectivity index (χ2n) is 4.12. The maximum absolute atomic E-state index is 11.7. The standard InChI is InChI=1S/C11H20NO/c1-4-12(11(13)9(2)3)10-7-5-6-8-10/h9-10H,1,4-8H2,2-3H3. The predicted octanol–water partition coefficient (Wildman–Crippen LogP) is 2.25. The van der Waals surface area contributed by atoms with Crippen LogP contribution in [0.25, 0.3) is 0 Å². The largest absolute Gasteiger partial charge is 0.339 e. The summed E-state index contributed by atoms with van der Waals surface area (Å²) in [7, 11) is 0. The van der Waals surface area contributed by atoms with Crippen molar-refractivity contribution in [2.75, 3.05) is 6.54 Å². The molecule has 0 heterocycles. The minimum atomic E-state index is 0.113. The number of nitrogens with zero attached hydrogens (tertiary/aromatic N) is 1. The Hall–Kier alpha value is -0.530. The molecule has 1 rings (SSSR count). The summed E-state index contributed by atoms with van der Waals surface area (Å²) in [5, 5.41) is 0. The Labute approximate surface area is 81.3 Å². The minimum Gasteiger partial charge on any atom is -0.339 e. The van der Waals surface area contributed by atoms with E-state index in [2.05, 4.69) is 6.92 Å². The molecule has 0 aromatic rings. The summed E-state index contributed by atoms with van der Waals surface area (Å²) in [5.41, 5.74) is 0. The summed E-state index contributed by atoms with van der Waals surface area (Å²) < 4.78 is 0. The van der Waals surface area contributed by atoms with E-state index < -0.39 is 0 Å². The molecule has 2 nitrogen and oxygen atoms in total. The zero-order chi connectivity index (χ0) is 9.84. The molecule has 1 saturated carbocycles. The highest BCUT2D eigenvalue weighted by atomic mass is 16.2. The van der Waals surface area contributed by atoms with Gasteiger partial charge < -0.3 is 4.90 Å². The molecule has 0 aromatic heterocycles. The molecule has 1 fully saturated rings. The molecule has 1 aliphatic rings. The maximum atomic E-state index is 11.7. The molecule has 0 unspecified atom stereocenters. The summed E-state index contributed by atoms with van der Waals surface area (Å²) in [4.78, 5) is 13.7. The Morgan fingerprint density at radius 3 is 2.38 bits per heavy atom. The number of carbonyl (C=O) groups excluding carboxylic acids is 1. The summed E-state index contributed by atoms with van der Waals surface area (Å²) in [6.07, 6.45) is 4.89. The van der Waals surface area contributed by atoms with Crippen molar-refractivity contribution in [3.63, 3.8) is 0 Å². The minimum absolute atomic E-state index is 0.113. The van der Waals surface area contributed by atoms with Gasteiger partial charge in [-0.3, -0.25) is 4.79 Å². The van der Waals surface area contributed by atoms with Crippen LogP contribution in [0.4, 0.5) is 0 Å². The molecule has 0 N–H and O–H groups in total. The fraction of sp³-hybridized carbons (Fsp3) is 0.818. The molecule has 1 aliphatic carbocycles. The van der Waals surface area contributed by atoms with E-state index in [1.165, 1.54) is 25.7 Å². The van der Waals surface area contributed by atoms with Gasteiger partial charge in [0.05, 0.1) is 0 Å². The predicted molar refractivity (Wildman–Crippen MR) is 54.2 cm³/mol. The zero-order valence-electron chi connectivity index (χ0n) is 8.75. The lowest BCUT2D eigenvalue weighted by atomic mass is 10.1. The van der Waals surface area contributed by atoms with E-state index in [1.54, 1.807) is 0 Å². The highest BCUT2D eigenvalue weighted by Crippen LogP contribution is 2.24. The van der Waals surface area contributed by atoms with Crippen LogP contribution in [0.15, 0.2) is 0 Å². The van der Waals surface area contributed by atoms with E-state index >= 15 is 0 Å². The normalized spacial score (nSPS) is 18.2. The average molecular weight is 182 g/mol. The number of hydrogen-bond acceptors (Lipinski definition) is 1. The Morgan fingerprint density at radius 2 is 2.00 bits per heavy atom. The van der Waals surface area contributed by atoms with Crippen LogP contribution in [0.3, 0.4) is 0 Å². The highest BCUT2D eigenvalue weighted by Gasteiger charge is 2.26. The van der Waals surface area contributed by atoms with Gasteiger partial charge >= 0.3 is 0 Å². The Kier molecular flexibility index (Phi) is 3.76. The lowest BCUT2D eigenvalue weighted by Crippen LogP contribution is -2.41. The van der Waals surface area contributed by atoms with Gasteiger partial charge in [-0.1, -0.05) is 26.7 Å². The smallest absolute Gasteiger partial charge is 0.225 e. The van der Waals surface area contributed by atoms with E-state index in [-0.39, 0.29) is 11.8 Å². The SMILES string of the molecule is [CH2]CN(C(=O)C(C)C)C1CCCC1. The van der Waals surface area contributed by atoms with Gasteiger partial charge in [0.25, 0.3) is 0 Å². The van der Waals surface area contributed by atoms with E-state index in [9.17, 15) is 4.79 Å². The molecule has 13 heavy (non-hydrogen) atoms. The van der Waals surface area contributed by atoms with Crippen LogP contribution in [-0.4, -0.2) is 23.4 Å². The third-order valence-electron chi connectivity index (χ3n) is 2.78. The van der Waals surface area contributed by atoms with Gasteiger partial charge in [0, 0.05) is 18.5 Å². The first-order valence-electron chi connectivity index (χ1n) is 5.26. The summed E-state index contributed by atoms with van der Waals surface area (Å²) in [6, 6.07) is 0.479. The van der Waals surface area contributed by atoms with Gasteiger partial charge in [-0.25, -0.2) is 0 Å². The molecule has 0 aliphatic heterocycles. The maximum Gasteiger partial charge on any atom is 0.225 e. The third kappa shape index (κ3) is 2.45. The fourth-order valence-electron chi connectivity index (χ4n) is 2.02. The van der Waals surface area contributed by atoms with Gasteiger partial charge in [0.1, 0.15) is 0 Å². The molecular weight excluding hydrogens is 162 g/mol. The second kappa shape index (κ2) is 4.64. The van der Waals surface area contributed by atoms with Crippen LogP contribution in [0.2, 0.25) is 0 Å². The molecule has 1 amide bonds. The summed E-state index contributed by atoms with van der Waals surface area (Å²) in [6.45, 7) is 8.38. The van der Waals surface area contributed by atoms with Crippen LogP contribution in [-0.2, 0) is 4.79 Å². The van der Waals surface area contributed by atoms with E-state index in [0.29, 0.717) is 12.6 Å². The summed E-state index contributed by atoms with van der Waals surface area (Å²) in [5.74, 6) is 0.379.